The number of nitrogens with zero attached hydrogens (tertiary/aromatic N) is 1. The van der Waals surface area contributed by atoms with E-state index in [2.05, 4.69) is 85.4 Å². The number of thioether (sulfide) groups is 1. The normalized spacial score (nSPS) is 15.6. The highest BCUT2D eigenvalue weighted by molar-refractivity contribution is 7.99. The Hall–Kier alpha value is -2.59. The van der Waals surface area contributed by atoms with E-state index in [0.29, 0.717) is 15.7 Å². The van der Waals surface area contributed by atoms with Gasteiger partial charge in [-0.1, -0.05) is 85.3 Å². The van der Waals surface area contributed by atoms with Crippen molar-refractivity contribution in [2.45, 2.75) is 63.7 Å². The molecule has 0 radical (unpaired) electrons. The maximum absolute atomic E-state index is 10.7. The maximum atomic E-state index is 10.7. The Morgan fingerprint density at radius 3 is 2.56 bits per heavy atom. The molecule has 0 aliphatic heterocycles. The van der Waals surface area contributed by atoms with Gasteiger partial charge in [0.2, 0.25) is 0 Å². The molecule has 4 aromatic rings. The van der Waals surface area contributed by atoms with Crippen LogP contribution in [0, 0.1) is 5.41 Å². The quantitative estimate of drug-likeness (QED) is 0.200. The van der Waals surface area contributed by atoms with E-state index >= 15 is 0 Å². The topological polar surface area (TPSA) is 33.1 Å². The van der Waals surface area contributed by atoms with E-state index in [-0.39, 0.29) is 0 Å². The van der Waals surface area contributed by atoms with Gasteiger partial charge in [0, 0.05) is 15.7 Å². The van der Waals surface area contributed by atoms with Gasteiger partial charge < -0.3 is 5.11 Å². The molecule has 202 valence electrons. The van der Waals surface area contributed by atoms with E-state index < -0.39 is 5.60 Å². The molecule has 1 N–H and O–H groups in total. The Morgan fingerprint density at radius 1 is 1.00 bits per heavy atom. The number of aliphatic hydroxyl groups is 1. The van der Waals surface area contributed by atoms with Crippen molar-refractivity contribution >= 4 is 46.4 Å². The number of rotatable bonds is 11. The summed E-state index contributed by atoms with van der Waals surface area (Å²) in [4.78, 5) is 4.78. The fourth-order valence-electron chi connectivity index (χ4n) is 5.27. The number of halogens is 1. The lowest BCUT2D eigenvalue weighted by atomic mass is 9.90. The first-order valence-corrected chi connectivity index (χ1v) is 15.4. The minimum absolute atomic E-state index is 0.401. The summed E-state index contributed by atoms with van der Waals surface area (Å²) in [6, 6.07) is 27.3. The van der Waals surface area contributed by atoms with Crippen LogP contribution < -0.4 is 0 Å². The third-order valence-corrected chi connectivity index (χ3v) is 9.98. The Labute approximate surface area is 242 Å². The molecule has 0 spiro atoms. The van der Waals surface area contributed by atoms with Gasteiger partial charge in [0.25, 0.3) is 0 Å². The van der Waals surface area contributed by atoms with Crippen LogP contribution >= 0.6 is 23.4 Å². The second kappa shape index (κ2) is 11.9. The molecule has 0 unspecified atom stereocenters. The van der Waals surface area contributed by atoms with Crippen LogP contribution in [0.2, 0.25) is 5.02 Å². The summed E-state index contributed by atoms with van der Waals surface area (Å²) in [7, 11) is 0. The van der Waals surface area contributed by atoms with E-state index in [1.54, 1.807) is 0 Å². The fourth-order valence-corrected chi connectivity index (χ4v) is 7.10. The van der Waals surface area contributed by atoms with Gasteiger partial charge in [-0.3, -0.25) is 0 Å². The summed E-state index contributed by atoms with van der Waals surface area (Å²) in [5.41, 5.74) is 6.34. The van der Waals surface area contributed by atoms with Crippen LogP contribution in [0.5, 0.6) is 0 Å². The lowest BCUT2D eigenvalue weighted by Gasteiger charge is -2.24. The van der Waals surface area contributed by atoms with E-state index in [9.17, 15) is 5.11 Å². The van der Waals surface area contributed by atoms with Crippen molar-refractivity contribution in [2.24, 2.45) is 5.41 Å². The first kappa shape index (κ1) is 28.0. The average Bonchev–Trinajstić information content (AvgIpc) is 3.72. The molecule has 1 heterocycles. The second-order valence-electron chi connectivity index (χ2n) is 11.5. The van der Waals surface area contributed by atoms with Crippen molar-refractivity contribution < 1.29 is 5.11 Å². The van der Waals surface area contributed by atoms with Crippen molar-refractivity contribution in [3.8, 4) is 0 Å². The molecule has 1 aliphatic rings. The zero-order valence-electron chi connectivity index (χ0n) is 23.2. The lowest BCUT2D eigenvalue weighted by molar-refractivity contribution is 0.0776. The number of hydrogen-bond donors (Lipinski definition) is 1. The number of hydrogen-bond acceptors (Lipinski definition) is 3. The minimum atomic E-state index is -0.841. The third-order valence-electron chi connectivity index (χ3n) is 8.05. The van der Waals surface area contributed by atoms with E-state index in [0.717, 1.165) is 35.0 Å². The average molecular weight is 556 g/mol. The Bertz CT molecular complexity index is 1470. The smallest absolute Gasteiger partial charge is 0.0843 e. The van der Waals surface area contributed by atoms with Gasteiger partial charge in [-0.2, -0.15) is 11.8 Å². The van der Waals surface area contributed by atoms with Crippen molar-refractivity contribution in [1.29, 1.82) is 0 Å². The molecule has 3 aromatic carbocycles. The molecule has 1 aromatic heterocycles. The molecule has 0 bridgehead atoms. The number of aryl methyl sites for hydroxylation is 1. The standard InChI is InChI=1S/C35H38ClNOS/c1-4-35(20-21-35)24-39-33(19-15-26-9-5-6-11-31(26)34(2,3)38)28-10-7-8-25(22-28)12-17-30-18-14-27-13-16-29(36)23-32(27)37-30/h5-14,16-18,22-23,33,38H,4,15,19-21,24H2,1-3H3/t33-/m1/s1. The molecule has 1 aliphatic carbocycles. The minimum Gasteiger partial charge on any atom is -0.386 e. The van der Waals surface area contributed by atoms with Gasteiger partial charge in [0.1, 0.15) is 0 Å². The number of benzene rings is 3. The molecule has 0 saturated heterocycles. The van der Waals surface area contributed by atoms with E-state index in [4.69, 9.17) is 16.6 Å². The molecule has 4 heteroatoms. The zero-order valence-corrected chi connectivity index (χ0v) is 24.7. The third kappa shape index (κ3) is 7.14. The highest BCUT2D eigenvalue weighted by Gasteiger charge is 2.40. The van der Waals surface area contributed by atoms with E-state index in [1.807, 2.05) is 38.1 Å². The molecular formula is C35H38ClNOS. The molecule has 1 atom stereocenters. The summed E-state index contributed by atoms with van der Waals surface area (Å²) in [5.74, 6) is 1.21. The van der Waals surface area contributed by atoms with Gasteiger partial charge in [-0.05, 0) is 104 Å². The van der Waals surface area contributed by atoms with Crippen LogP contribution in [0.4, 0.5) is 0 Å². The van der Waals surface area contributed by atoms with Crippen molar-refractivity contribution in [2.75, 3.05) is 5.75 Å². The summed E-state index contributed by atoms with van der Waals surface area (Å²) < 4.78 is 0. The van der Waals surface area contributed by atoms with Crippen LogP contribution in [-0.2, 0) is 12.0 Å². The van der Waals surface area contributed by atoms with E-state index in [1.165, 1.54) is 41.7 Å². The molecule has 0 amide bonds. The zero-order chi connectivity index (χ0) is 27.5. The second-order valence-corrected chi connectivity index (χ2v) is 13.1. The van der Waals surface area contributed by atoms with Crippen LogP contribution in [0.15, 0.2) is 78.9 Å². The van der Waals surface area contributed by atoms with Crippen molar-refractivity contribution in [1.82, 2.24) is 4.98 Å². The predicted molar refractivity (Wildman–Crippen MR) is 169 cm³/mol. The number of fused-ring (bicyclic) bond motifs is 1. The summed E-state index contributed by atoms with van der Waals surface area (Å²) in [6.07, 6.45) is 10.2. The fraction of sp³-hybridized carbons (Fsp3) is 0.343. The predicted octanol–water partition coefficient (Wildman–Crippen LogP) is 9.88. The molecule has 2 nitrogen and oxygen atoms in total. The number of aromatic nitrogens is 1. The van der Waals surface area contributed by atoms with Crippen LogP contribution in [-0.4, -0.2) is 15.8 Å². The molecule has 1 fully saturated rings. The maximum Gasteiger partial charge on any atom is 0.0843 e. The van der Waals surface area contributed by atoms with Crippen molar-refractivity contribution in [3.63, 3.8) is 0 Å². The monoisotopic (exact) mass is 555 g/mol. The largest absolute Gasteiger partial charge is 0.386 e. The Balaban J connectivity index is 1.36. The molecule has 1 saturated carbocycles. The van der Waals surface area contributed by atoms with Gasteiger partial charge in [0.05, 0.1) is 16.8 Å². The van der Waals surface area contributed by atoms with Gasteiger partial charge in [0.15, 0.2) is 0 Å². The molecular weight excluding hydrogens is 518 g/mol. The van der Waals surface area contributed by atoms with Crippen LogP contribution in [0.1, 0.15) is 79.7 Å². The number of pyridine rings is 1. The SMILES string of the molecule is CCC1(CS[C@H](CCc2ccccc2C(C)(C)O)c2cccc(C=Cc3ccc4ccc(Cl)cc4n3)c2)CC1. The molecule has 5 rings (SSSR count). The van der Waals surface area contributed by atoms with Crippen LogP contribution in [0.25, 0.3) is 23.1 Å². The first-order valence-electron chi connectivity index (χ1n) is 14.0. The lowest BCUT2D eigenvalue weighted by Crippen LogP contribution is -2.18. The van der Waals surface area contributed by atoms with Crippen molar-refractivity contribution in [3.05, 3.63) is 112 Å². The highest BCUT2D eigenvalue weighted by atomic mass is 35.5. The summed E-state index contributed by atoms with van der Waals surface area (Å²) >= 11 is 8.30. The molecule has 39 heavy (non-hydrogen) atoms. The van der Waals surface area contributed by atoms with Gasteiger partial charge in [-0.15, -0.1) is 0 Å². The first-order chi connectivity index (χ1) is 18.7. The van der Waals surface area contributed by atoms with Gasteiger partial charge >= 0.3 is 0 Å². The highest BCUT2D eigenvalue weighted by Crippen LogP contribution is 2.53. The Kier molecular flexibility index (Phi) is 8.52. The van der Waals surface area contributed by atoms with Gasteiger partial charge in [-0.25, -0.2) is 4.98 Å². The van der Waals surface area contributed by atoms with Crippen LogP contribution in [0.3, 0.4) is 0 Å². The summed E-state index contributed by atoms with van der Waals surface area (Å²) in [5, 5.41) is 12.9. The summed E-state index contributed by atoms with van der Waals surface area (Å²) in [6.45, 7) is 6.10. The Morgan fingerprint density at radius 2 is 1.79 bits per heavy atom.